The lowest BCUT2D eigenvalue weighted by Crippen LogP contribution is -2.20. The molecule has 1 aromatic carbocycles. The van der Waals surface area contributed by atoms with E-state index in [1.165, 1.54) is 7.11 Å². The second-order valence-electron chi connectivity index (χ2n) is 6.21. The lowest BCUT2D eigenvalue weighted by Gasteiger charge is -2.05. The summed E-state index contributed by atoms with van der Waals surface area (Å²) >= 11 is 1.57. The smallest absolute Gasteiger partial charge is 0.262 e. The van der Waals surface area contributed by atoms with Gasteiger partial charge in [0.2, 0.25) is 0 Å². The van der Waals surface area contributed by atoms with Crippen molar-refractivity contribution >= 4 is 33.2 Å². The number of methoxy groups -OCH3 is 1. The first-order valence-corrected chi connectivity index (χ1v) is 8.89. The largest absolute Gasteiger partial charge is 0.504 e. The molecule has 1 aliphatic rings. The molecule has 0 spiro atoms. The Morgan fingerprint density at radius 3 is 2.88 bits per heavy atom. The second kappa shape index (κ2) is 5.74. The summed E-state index contributed by atoms with van der Waals surface area (Å²) in [6.07, 6.45) is 2.73. The second-order valence-corrected chi connectivity index (χ2v) is 7.41. The van der Waals surface area contributed by atoms with E-state index < -0.39 is 0 Å². The fraction of sp³-hybridized carbons (Fsp3) is 0.263. The first-order valence-electron chi connectivity index (χ1n) is 8.08. The van der Waals surface area contributed by atoms with Crippen LogP contribution in [0.3, 0.4) is 0 Å². The number of allylic oxidation sites excluding steroid dienone is 1. The Labute approximate surface area is 148 Å². The van der Waals surface area contributed by atoms with E-state index in [0.717, 1.165) is 44.0 Å². The van der Waals surface area contributed by atoms with Crippen LogP contribution in [0.1, 0.15) is 28.2 Å². The molecule has 0 aliphatic carbocycles. The van der Waals surface area contributed by atoms with E-state index in [2.05, 4.69) is 0 Å². The van der Waals surface area contributed by atoms with E-state index in [1.807, 2.05) is 26.0 Å². The standard InChI is InChI=1S/C19H18N2O3S/c1-10-11(2)25-18-16(10)19(23)21-7-6-13(17(21)20-18)8-12-4-5-15(24-3)14(22)9-12/h4-5,8-9,22H,6-7H2,1-3H3/b13-8+. The number of aromatic nitrogens is 2. The minimum absolute atomic E-state index is 0.0443. The summed E-state index contributed by atoms with van der Waals surface area (Å²) in [5, 5.41) is 10.7. The van der Waals surface area contributed by atoms with Gasteiger partial charge in [-0.3, -0.25) is 9.36 Å². The summed E-state index contributed by atoms with van der Waals surface area (Å²) < 4.78 is 6.84. The summed E-state index contributed by atoms with van der Waals surface area (Å²) in [6, 6.07) is 5.27. The molecule has 0 unspecified atom stereocenters. The molecule has 5 nitrogen and oxygen atoms in total. The minimum Gasteiger partial charge on any atom is -0.504 e. The molecule has 0 fully saturated rings. The van der Waals surface area contributed by atoms with Crippen LogP contribution in [0.15, 0.2) is 23.0 Å². The quantitative estimate of drug-likeness (QED) is 0.761. The molecule has 0 amide bonds. The average molecular weight is 354 g/mol. The SMILES string of the molecule is COc1ccc(/C=C2\CCn3c2nc2sc(C)c(C)c2c3=O)cc1O. The number of fused-ring (bicyclic) bond motifs is 2. The Morgan fingerprint density at radius 1 is 1.36 bits per heavy atom. The molecular formula is C19H18N2O3S. The predicted molar refractivity (Wildman–Crippen MR) is 101 cm³/mol. The maximum atomic E-state index is 12.8. The molecule has 4 rings (SSSR count). The van der Waals surface area contributed by atoms with Crippen molar-refractivity contribution in [2.75, 3.05) is 7.11 Å². The van der Waals surface area contributed by atoms with Crippen LogP contribution in [0, 0.1) is 13.8 Å². The van der Waals surface area contributed by atoms with Crippen LogP contribution in [0.25, 0.3) is 21.9 Å². The predicted octanol–water partition coefficient (Wildman–Crippen LogP) is 3.73. The van der Waals surface area contributed by atoms with Crippen molar-refractivity contribution < 1.29 is 9.84 Å². The number of benzene rings is 1. The lowest BCUT2D eigenvalue weighted by molar-refractivity contribution is 0.373. The maximum Gasteiger partial charge on any atom is 0.262 e. The van der Waals surface area contributed by atoms with Crippen molar-refractivity contribution in [3.63, 3.8) is 0 Å². The molecule has 25 heavy (non-hydrogen) atoms. The van der Waals surface area contributed by atoms with Crippen molar-refractivity contribution in [2.24, 2.45) is 0 Å². The molecular weight excluding hydrogens is 336 g/mol. The van der Waals surface area contributed by atoms with Gasteiger partial charge in [0.1, 0.15) is 10.7 Å². The highest BCUT2D eigenvalue weighted by Gasteiger charge is 2.23. The summed E-state index contributed by atoms with van der Waals surface area (Å²) in [5.74, 6) is 1.27. The van der Waals surface area contributed by atoms with Gasteiger partial charge in [0.15, 0.2) is 11.5 Å². The zero-order valence-corrected chi connectivity index (χ0v) is 15.1. The maximum absolute atomic E-state index is 12.8. The van der Waals surface area contributed by atoms with Gasteiger partial charge in [0.05, 0.1) is 12.5 Å². The Bertz CT molecular complexity index is 1090. The monoisotopic (exact) mass is 354 g/mol. The first kappa shape index (κ1) is 15.9. The van der Waals surface area contributed by atoms with Crippen LogP contribution in [-0.2, 0) is 6.54 Å². The number of phenols is 1. The van der Waals surface area contributed by atoms with E-state index in [-0.39, 0.29) is 11.3 Å². The molecule has 128 valence electrons. The topological polar surface area (TPSA) is 64.4 Å². The van der Waals surface area contributed by atoms with Gasteiger partial charge in [-0.15, -0.1) is 11.3 Å². The Hall–Kier alpha value is -2.60. The van der Waals surface area contributed by atoms with Gasteiger partial charge in [-0.25, -0.2) is 4.98 Å². The Morgan fingerprint density at radius 2 is 2.16 bits per heavy atom. The summed E-state index contributed by atoms with van der Waals surface area (Å²) in [5.41, 5.74) is 2.94. The highest BCUT2D eigenvalue weighted by molar-refractivity contribution is 7.18. The van der Waals surface area contributed by atoms with Crippen molar-refractivity contribution in [3.05, 3.63) is 50.4 Å². The molecule has 0 radical (unpaired) electrons. The number of nitrogens with zero attached hydrogens (tertiary/aromatic N) is 2. The van der Waals surface area contributed by atoms with Gasteiger partial charge in [0, 0.05) is 11.4 Å². The van der Waals surface area contributed by atoms with Crippen LogP contribution in [0.2, 0.25) is 0 Å². The zero-order chi connectivity index (χ0) is 17.7. The molecule has 3 aromatic rings. The van der Waals surface area contributed by atoms with Gasteiger partial charge in [0.25, 0.3) is 5.56 Å². The molecule has 0 saturated heterocycles. The molecule has 6 heteroatoms. The molecule has 0 atom stereocenters. The third-order valence-electron chi connectivity index (χ3n) is 4.72. The fourth-order valence-corrected chi connectivity index (χ4v) is 4.28. The number of ether oxygens (including phenoxy) is 1. The number of hydrogen-bond acceptors (Lipinski definition) is 5. The highest BCUT2D eigenvalue weighted by Crippen LogP contribution is 2.33. The van der Waals surface area contributed by atoms with Gasteiger partial charge in [-0.2, -0.15) is 0 Å². The highest BCUT2D eigenvalue weighted by atomic mass is 32.1. The van der Waals surface area contributed by atoms with Crippen LogP contribution in [0.4, 0.5) is 0 Å². The van der Waals surface area contributed by atoms with Crippen LogP contribution in [0.5, 0.6) is 11.5 Å². The fourth-order valence-electron chi connectivity index (χ4n) is 3.26. The number of aromatic hydroxyl groups is 1. The van der Waals surface area contributed by atoms with E-state index in [4.69, 9.17) is 9.72 Å². The Kier molecular flexibility index (Phi) is 3.65. The van der Waals surface area contributed by atoms with E-state index in [9.17, 15) is 9.90 Å². The summed E-state index contributed by atoms with van der Waals surface area (Å²) in [7, 11) is 1.52. The number of phenolic OH excluding ortho intramolecular Hbond substituents is 1. The molecule has 2 aromatic heterocycles. The molecule has 1 N–H and O–H groups in total. The molecule has 3 heterocycles. The van der Waals surface area contributed by atoms with Crippen LogP contribution < -0.4 is 10.3 Å². The van der Waals surface area contributed by atoms with Gasteiger partial charge >= 0.3 is 0 Å². The van der Waals surface area contributed by atoms with Crippen LogP contribution >= 0.6 is 11.3 Å². The summed E-state index contributed by atoms with van der Waals surface area (Å²) in [6.45, 7) is 4.64. The summed E-state index contributed by atoms with van der Waals surface area (Å²) in [4.78, 5) is 19.5. The third-order valence-corrected chi connectivity index (χ3v) is 5.83. The van der Waals surface area contributed by atoms with Crippen molar-refractivity contribution in [2.45, 2.75) is 26.8 Å². The normalized spacial score (nSPS) is 15.1. The number of hydrogen-bond donors (Lipinski definition) is 1. The molecule has 0 bridgehead atoms. The van der Waals surface area contributed by atoms with Gasteiger partial charge in [-0.05, 0) is 55.2 Å². The first-order chi connectivity index (χ1) is 12.0. The molecule has 1 aliphatic heterocycles. The average Bonchev–Trinajstić information content (AvgIpc) is 3.10. The van der Waals surface area contributed by atoms with Crippen molar-refractivity contribution in [1.29, 1.82) is 0 Å². The number of rotatable bonds is 2. The van der Waals surface area contributed by atoms with E-state index >= 15 is 0 Å². The van der Waals surface area contributed by atoms with Gasteiger partial charge in [-0.1, -0.05) is 6.07 Å². The zero-order valence-electron chi connectivity index (χ0n) is 14.3. The number of aryl methyl sites for hydroxylation is 2. The van der Waals surface area contributed by atoms with Crippen molar-refractivity contribution in [1.82, 2.24) is 9.55 Å². The Balaban J connectivity index is 1.85. The molecule has 0 saturated carbocycles. The lowest BCUT2D eigenvalue weighted by atomic mass is 10.1. The van der Waals surface area contributed by atoms with Crippen molar-refractivity contribution in [3.8, 4) is 11.5 Å². The third kappa shape index (κ3) is 2.44. The number of thiophene rings is 1. The van der Waals surface area contributed by atoms with E-state index in [1.54, 1.807) is 28.0 Å². The van der Waals surface area contributed by atoms with E-state index in [0.29, 0.717) is 12.3 Å². The minimum atomic E-state index is 0.0443. The van der Waals surface area contributed by atoms with Gasteiger partial charge < -0.3 is 9.84 Å². The van der Waals surface area contributed by atoms with Crippen LogP contribution in [-0.4, -0.2) is 21.8 Å².